The number of carbonyl (C=O) groups is 1. The number of aromatic nitrogens is 2. The highest BCUT2D eigenvalue weighted by molar-refractivity contribution is 6.32. The van der Waals surface area contributed by atoms with Crippen LogP contribution < -0.4 is 5.32 Å². The van der Waals surface area contributed by atoms with Crippen molar-refractivity contribution in [3.8, 4) is 11.5 Å². The van der Waals surface area contributed by atoms with Crippen molar-refractivity contribution in [2.75, 3.05) is 5.32 Å². The molecule has 0 bridgehead atoms. The van der Waals surface area contributed by atoms with Crippen LogP contribution in [-0.4, -0.2) is 16.1 Å². The minimum absolute atomic E-state index is 0.0411. The number of benzene rings is 2. The van der Waals surface area contributed by atoms with Crippen LogP contribution in [0.1, 0.15) is 11.1 Å². The Labute approximate surface area is 144 Å². The van der Waals surface area contributed by atoms with E-state index in [0.717, 1.165) is 16.7 Å². The first kappa shape index (κ1) is 16.0. The van der Waals surface area contributed by atoms with Crippen molar-refractivity contribution in [2.45, 2.75) is 6.92 Å². The van der Waals surface area contributed by atoms with Crippen LogP contribution in [0.3, 0.4) is 0 Å². The van der Waals surface area contributed by atoms with Crippen LogP contribution in [0.5, 0.6) is 0 Å². The zero-order valence-corrected chi connectivity index (χ0v) is 13.6. The molecule has 0 radical (unpaired) electrons. The van der Waals surface area contributed by atoms with Gasteiger partial charge in [-0.2, -0.15) is 0 Å². The summed E-state index contributed by atoms with van der Waals surface area (Å²) in [6.07, 6.45) is 2.98. The van der Waals surface area contributed by atoms with Crippen molar-refractivity contribution in [1.82, 2.24) is 10.2 Å². The molecule has 0 aliphatic rings. The van der Waals surface area contributed by atoms with Gasteiger partial charge in [0.2, 0.25) is 5.89 Å². The van der Waals surface area contributed by atoms with Gasteiger partial charge in [-0.05, 0) is 36.8 Å². The van der Waals surface area contributed by atoms with Gasteiger partial charge in [0.25, 0.3) is 5.91 Å². The fraction of sp³-hybridized carbons (Fsp3) is 0.0556. The van der Waals surface area contributed by atoms with Crippen molar-refractivity contribution in [2.24, 2.45) is 0 Å². The van der Waals surface area contributed by atoms with E-state index in [1.54, 1.807) is 12.1 Å². The van der Waals surface area contributed by atoms with Gasteiger partial charge in [-0.3, -0.25) is 10.1 Å². The number of hydrogen-bond acceptors (Lipinski definition) is 4. The minimum Gasteiger partial charge on any atom is -0.403 e. The Morgan fingerprint density at radius 2 is 1.88 bits per heavy atom. The lowest BCUT2D eigenvalue weighted by molar-refractivity contribution is -0.112. The molecule has 0 aliphatic carbocycles. The average molecular weight is 340 g/mol. The number of aryl methyl sites for hydroxylation is 1. The van der Waals surface area contributed by atoms with E-state index in [0.29, 0.717) is 10.9 Å². The van der Waals surface area contributed by atoms with E-state index in [2.05, 4.69) is 15.5 Å². The van der Waals surface area contributed by atoms with Crippen LogP contribution >= 0.6 is 11.6 Å². The molecule has 3 rings (SSSR count). The van der Waals surface area contributed by atoms with Crippen molar-refractivity contribution in [3.63, 3.8) is 0 Å². The molecule has 3 aromatic rings. The molecule has 0 atom stereocenters. The Morgan fingerprint density at radius 3 is 2.62 bits per heavy atom. The first-order valence-corrected chi connectivity index (χ1v) is 7.64. The van der Waals surface area contributed by atoms with Crippen molar-refractivity contribution in [3.05, 3.63) is 70.8 Å². The molecule has 0 saturated heterocycles. The smallest absolute Gasteiger partial charge is 0.322 e. The molecular formula is C18H14ClN3O2. The first-order valence-electron chi connectivity index (χ1n) is 7.26. The lowest BCUT2D eigenvalue weighted by Crippen LogP contribution is -2.07. The highest BCUT2D eigenvalue weighted by atomic mass is 35.5. The Hall–Kier alpha value is -2.92. The zero-order chi connectivity index (χ0) is 16.9. The van der Waals surface area contributed by atoms with Crippen molar-refractivity contribution in [1.29, 1.82) is 0 Å². The molecule has 0 fully saturated rings. The van der Waals surface area contributed by atoms with Gasteiger partial charge in [0, 0.05) is 16.7 Å². The van der Waals surface area contributed by atoms with E-state index in [-0.39, 0.29) is 11.9 Å². The Balaban J connectivity index is 1.67. The third kappa shape index (κ3) is 3.88. The summed E-state index contributed by atoms with van der Waals surface area (Å²) >= 11 is 6.03. The minimum atomic E-state index is -0.381. The summed E-state index contributed by atoms with van der Waals surface area (Å²) in [5, 5.41) is 10.8. The summed E-state index contributed by atoms with van der Waals surface area (Å²) in [5.41, 5.74) is 2.68. The van der Waals surface area contributed by atoms with Crippen molar-refractivity contribution >= 4 is 29.6 Å². The van der Waals surface area contributed by atoms with Gasteiger partial charge in [-0.1, -0.05) is 52.6 Å². The number of hydrogen-bond donors (Lipinski definition) is 1. The molecule has 0 spiro atoms. The molecule has 1 N–H and O–H groups in total. The van der Waals surface area contributed by atoms with E-state index in [1.807, 2.05) is 49.4 Å². The number of halogens is 1. The maximum absolute atomic E-state index is 11.9. The Bertz CT molecular complexity index is 885. The molecule has 0 unspecified atom stereocenters. The summed E-state index contributed by atoms with van der Waals surface area (Å²) in [6, 6.07) is 14.9. The van der Waals surface area contributed by atoms with Crippen LogP contribution in [0.4, 0.5) is 6.01 Å². The van der Waals surface area contributed by atoms with Gasteiger partial charge in [-0.15, -0.1) is 5.10 Å². The standard InChI is InChI=1S/C18H14ClN3O2/c1-12-6-8-14(9-7-12)17-21-22-18(24-17)20-16(23)11-10-13-4-2-3-5-15(13)19/h2-11H,1H3,(H,20,22,23). The highest BCUT2D eigenvalue weighted by Gasteiger charge is 2.09. The molecule has 24 heavy (non-hydrogen) atoms. The SMILES string of the molecule is Cc1ccc(-c2nnc(NC(=O)C=Cc3ccccc3Cl)o2)cc1. The summed E-state index contributed by atoms with van der Waals surface area (Å²) in [4.78, 5) is 11.9. The lowest BCUT2D eigenvalue weighted by atomic mass is 10.1. The summed E-state index contributed by atoms with van der Waals surface area (Å²) < 4.78 is 5.44. The monoisotopic (exact) mass is 339 g/mol. The molecule has 0 aliphatic heterocycles. The fourth-order valence-corrected chi connectivity index (χ4v) is 2.21. The van der Waals surface area contributed by atoms with Crippen LogP contribution in [-0.2, 0) is 4.79 Å². The summed E-state index contributed by atoms with van der Waals surface area (Å²) in [7, 11) is 0. The molecular weight excluding hydrogens is 326 g/mol. The van der Waals surface area contributed by atoms with Gasteiger partial charge in [0.15, 0.2) is 0 Å². The first-order chi connectivity index (χ1) is 11.6. The molecule has 5 nitrogen and oxygen atoms in total. The summed E-state index contributed by atoms with van der Waals surface area (Å²) in [6.45, 7) is 1.99. The molecule has 2 aromatic carbocycles. The lowest BCUT2D eigenvalue weighted by Gasteiger charge is -1.97. The van der Waals surface area contributed by atoms with Gasteiger partial charge in [0.1, 0.15) is 0 Å². The van der Waals surface area contributed by atoms with E-state index in [4.69, 9.17) is 16.0 Å². The quantitative estimate of drug-likeness (QED) is 0.717. The van der Waals surface area contributed by atoms with Gasteiger partial charge >= 0.3 is 6.01 Å². The van der Waals surface area contributed by atoms with E-state index in [1.165, 1.54) is 6.08 Å². The second-order valence-corrected chi connectivity index (χ2v) is 5.53. The molecule has 1 aromatic heterocycles. The van der Waals surface area contributed by atoms with Crippen LogP contribution in [0.2, 0.25) is 5.02 Å². The molecule has 1 heterocycles. The fourth-order valence-electron chi connectivity index (χ4n) is 2.01. The largest absolute Gasteiger partial charge is 0.403 e. The van der Waals surface area contributed by atoms with Gasteiger partial charge in [-0.25, -0.2) is 0 Å². The summed E-state index contributed by atoms with van der Waals surface area (Å²) in [5.74, 6) is -0.0330. The average Bonchev–Trinajstić information content (AvgIpc) is 3.03. The maximum atomic E-state index is 11.9. The normalized spacial score (nSPS) is 10.9. The number of nitrogens with zero attached hydrogens (tertiary/aromatic N) is 2. The number of carbonyl (C=O) groups excluding carboxylic acids is 1. The van der Waals surface area contributed by atoms with Crippen molar-refractivity contribution < 1.29 is 9.21 Å². The number of anilines is 1. The molecule has 1 amide bonds. The van der Waals surface area contributed by atoms with Gasteiger partial charge in [0.05, 0.1) is 0 Å². The van der Waals surface area contributed by atoms with E-state index in [9.17, 15) is 4.79 Å². The van der Waals surface area contributed by atoms with E-state index < -0.39 is 0 Å². The van der Waals surface area contributed by atoms with Crippen LogP contribution in [0.25, 0.3) is 17.5 Å². The van der Waals surface area contributed by atoms with E-state index >= 15 is 0 Å². The number of rotatable bonds is 4. The predicted molar refractivity (Wildman–Crippen MR) is 93.6 cm³/mol. The second-order valence-electron chi connectivity index (χ2n) is 5.12. The molecule has 120 valence electrons. The topological polar surface area (TPSA) is 68.0 Å². The number of nitrogens with one attached hydrogen (secondary N) is 1. The molecule has 6 heteroatoms. The maximum Gasteiger partial charge on any atom is 0.322 e. The number of amides is 1. The zero-order valence-electron chi connectivity index (χ0n) is 12.9. The Kier molecular flexibility index (Phi) is 4.72. The van der Waals surface area contributed by atoms with Gasteiger partial charge < -0.3 is 4.42 Å². The Morgan fingerprint density at radius 1 is 1.12 bits per heavy atom. The highest BCUT2D eigenvalue weighted by Crippen LogP contribution is 2.20. The van der Waals surface area contributed by atoms with Crippen LogP contribution in [0.15, 0.2) is 59.0 Å². The third-order valence-corrected chi connectivity index (χ3v) is 3.62. The molecule has 0 saturated carbocycles. The predicted octanol–water partition coefficient (Wildman–Crippen LogP) is 4.35. The van der Waals surface area contributed by atoms with Crippen LogP contribution in [0, 0.1) is 6.92 Å². The second kappa shape index (κ2) is 7.10. The third-order valence-electron chi connectivity index (χ3n) is 3.27.